The van der Waals surface area contributed by atoms with Crippen LogP contribution in [0.5, 0.6) is 0 Å². The minimum absolute atomic E-state index is 0.267. The summed E-state index contributed by atoms with van der Waals surface area (Å²) in [6.45, 7) is 10.5. The number of hydrogen-bond acceptors (Lipinski definition) is 6. The Hall–Kier alpha value is -1.14. The van der Waals surface area contributed by atoms with E-state index in [2.05, 4.69) is 29.0 Å². The number of nitrogens with zero attached hydrogens (tertiary/aromatic N) is 2. The quantitative estimate of drug-likeness (QED) is 0.779. The van der Waals surface area contributed by atoms with Crippen LogP contribution in [-0.4, -0.2) is 42.1 Å². The molecule has 0 bridgehead atoms. The Kier molecular flexibility index (Phi) is 6.64. The smallest absolute Gasteiger partial charge is 0.352 e. The molecule has 0 spiro atoms. The summed E-state index contributed by atoms with van der Waals surface area (Å²) in [6.07, 6.45) is 3.56. The fraction of sp³-hybridized carbons (Fsp3) is 0.750. The Morgan fingerprint density at radius 2 is 2.32 bits per heavy atom. The highest BCUT2D eigenvalue weighted by molar-refractivity contribution is 7.14. The Morgan fingerprint density at radius 3 is 3.00 bits per heavy atom. The maximum absolute atomic E-state index is 12.1. The molecule has 1 aromatic rings. The zero-order chi connectivity index (χ0) is 15.9. The lowest BCUT2D eigenvalue weighted by Crippen LogP contribution is -2.33. The second-order valence-electron chi connectivity index (χ2n) is 5.92. The number of likely N-dealkylation sites (tertiary alicyclic amines) is 1. The molecule has 5 nitrogen and oxygen atoms in total. The van der Waals surface area contributed by atoms with E-state index >= 15 is 0 Å². The standard InChI is InChI=1S/C16H27N3O2S/c1-4-8-17-15-14(16(20)21-5-2)22-13(18-15)11-19-9-6-7-12(3)10-19/h12,17H,4-11H2,1-3H3. The maximum atomic E-state index is 12.1. The van der Waals surface area contributed by atoms with Gasteiger partial charge in [0, 0.05) is 13.1 Å². The predicted molar refractivity (Wildman–Crippen MR) is 90.5 cm³/mol. The highest BCUT2D eigenvalue weighted by Crippen LogP contribution is 2.27. The number of carbonyl (C=O) groups excluding carboxylic acids is 1. The summed E-state index contributed by atoms with van der Waals surface area (Å²) >= 11 is 1.46. The summed E-state index contributed by atoms with van der Waals surface area (Å²) in [5.41, 5.74) is 0. The van der Waals surface area contributed by atoms with Gasteiger partial charge in [-0.25, -0.2) is 9.78 Å². The average Bonchev–Trinajstić information content (AvgIpc) is 2.88. The van der Waals surface area contributed by atoms with Crippen LogP contribution in [0.4, 0.5) is 5.82 Å². The van der Waals surface area contributed by atoms with E-state index in [-0.39, 0.29) is 5.97 Å². The number of piperidine rings is 1. The van der Waals surface area contributed by atoms with Gasteiger partial charge in [0.15, 0.2) is 10.7 Å². The topological polar surface area (TPSA) is 54.5 Å². The van der Waals surface area contributed by atoms with Crippen molar-refractivity contribution in [3.63, 3.8) is 0 Å². The molecule has 1 fully saturated rings. The van der Waals surface area contributed by atoms with Crippen molar-refractivity contribution in [3.8, 4) is 0 Å². The predicted octanol–water partition coefficient (Wildman–Crippen LogP) is 3.37. The summed E-state index contributed by atoms with van der Waals surface area (Å²) in [5.74, 6) is 1.16. The van der Waals surface area contributed by atoms with Gasteiger partial charge in [0.1, 0.15) is 5.01 Å². The largest absolute Gasteiger partial charge is 0.462 e. The first-order valence-electron chi connectivity index (χ1n) is 8.27. The van der Waals surface area contributed by atoms with Gasteiger partial charge in [-0.1, -0.05) is 13.8 Å². The number of thiazole rings is 1. The number of rotatable bonds is 7. The summed E-state index contributed by atoms with van der Waals surface area (Å²) < 4.78 is 5.15. The molecule has 0 saturated carbocycles. The molecular weight excluding hydrogens is 298 g/mol. The zero-order valence-corrected chi connectivity index (χ0v) is 14.7. The summed E-state index contributed by atoms with van der Waals surface area (Å²) in [6, 6.07) is 0. The molecule has 1 N–H and O–H groups in total. The molecule has 0 aliphatic carbocycles. The molecule has 0 amide bonds. The highest BCUT2D eigenvalue weighted by atomic mass is 32.1. The molecule has 2 heterocycles. The Balaban J connectivity index is 2.08. The van der Waals surface area contributed by atoms with Crippen molar-refractivity contribution in [1.29, 1.82) is 0 Å². The molecule has 1 saturated heterocycles. The van der Waals surface area contributed by atoms with E-state index in [1.807, 2.05) is 6.92 Å². The van der Waals surface area contributed by atoms with Crippen LogP contribution in [0.15, 0.2) is 0 Å². The van der Waals surface area contributed by atoms with E-state index in [0.717, 1.165) is 43.5 Å². The number of carbonyl (C=O) groups is 1. The van der Waals surface area contributed by atoms with Crippen molar-refractivity contribution >= 4 is 23.1 Å². The van der Waals surface area contributed by atoms with Gasteiger partial charge < -0.3 is 10.1 Å². The lowest BCUT2D eigenvalue weighted by Gasteiger charge is -2.29. The summed E-state index contributed by atoms with van der Waals surface area (Å²) in [5, 5.41) is 4.24. The van der Waals surface area contributed by atoms with Crippen molar-refractivity contribution in [1.82, 2.24) is 9.88 Å². The molecule has 1 aromatic heterocycles. The second-order valence-corrected chi connectivity index (χ2v) is 7.00. The molecule has 1 unspecified atom stereocenters. The van der Waals surface area contributed by atoms with Gasteiger partial charge >= 0.3 is 5.97 Å². The number of nitrogens with one attached hydrogen (secondary N) is 1. The molecule has 124 valence electrons. The minimum atomic E-state index is -0.267. The van der Waals surface area contributed by atoms with Crippen molar-refractivity contribution in [2.75, 3.05) is 31.6 Å². The first kappa shape index (κ1) is 17.2. The van der Waals surface area contributed by atoms with Gasteiger partial charge in [-0.2, -0.15) is 0 Å². The number of esters is 1. The average molecular weight is 325 g/mol. The van der Waals surface area contributed by atoms with E-state index in [1.54, 1.807) is 0 Å². The van der Waals surface area contributed by atoms with E-state index in [4.69, 9.17) is 4.74 Å². The van der Waals surface area contributed by atoms with Crippen LogP contribution >= 0.6 is 11.3 Å². The Labute approximate surface area is 137 Å². The SMILES string of the molecule is CCCNc1nc(CN2CCCC(C)C2)sc1C(=O)OCC. The van der Waals surface area contributed by atoms with Gasteiger partial charge in [0.2, 0.25) is 0 Å². The first-order chi connectivity index (χ1) is 10.6. The monoisotopic (exact) mass is 325 g/mol. The van der Waals surface area contributed by atoms with Gasteiger partial charge in [-0.3, -0.25) is 4.90 Å². The Morgan fingerprint density at radius 1 is 1.50 bits per heavy atom. The van der Waals surface area contributed by atoms with Gasteiger partial charge in [-0.15, -0.1) is 11.3 Å². The first-order valence-corrected chi connectivity index (χ1v) is 9.08. The lowest BCUT2D eigenvalue weighted by molar-refractivity contribution is 0.0533. The van der Waals surface area contributed by atoms with Crippen LogP contribution in [0.3, 0.4) is 0 Å². The molecule has 2 rings (SSSR count). The van der Waals surface area contributed by atoms with Gasteiger partial charge in [0.05, 0.1) is 13.2 Å². The molecule has 6 heteroatoms. The number of aromatic nitrogens is 1. The molecule has 0 radical (unpaired) electrons. The van der Waals surface area contributed by atoms with Crippen LogP contribution in [-0.2, 0) is 11.3 Å². The van der Waals surface area contributed by atoms with Crippen LogP contribution in [0.25, 0.3) is 0 Å². The zero-order valence-electron chi connectivity index (χ0n) is 13.9. The normalized spacial score (nSPS) is 19.1. The summed E-state index contributed by atoms with van der Waals surface area (Å²) in [7, 11) is 0. The van der Waals surface area contributed by atoms with E-state index < -0.39 is 0 Å². The number of hydrogen-bond donors (Lipinski definition) is 1. The van der Waals surface area contributed by atoms with Crippen molar-refractivity contribution in [2.24, 2.45) is 5.92 Å². The molecule has 1 aliphatic heterocycles. The van der Waals surface area contributed by atoms with E-state index in [0.29, 0.717) is 17.3 Å². The van der Waals surface area contributed by atoms with E-state index in [9.17, 15) is 4.79 Å². The van der Waals surface area contributed by atoms with Crippen molar-refractivity contribution in [2.45, 2.75) is 46.6 Å². The van der Waals surface area contributed by atoms with E-state index in [1.165, 1.54) is 24.2 Å². The molecule has 1 atom stereocenters. The fourth-order valence-corrected chi connectivity index (χ4v) is 3.73. The van der Waals surface area contributed by atoms with Crippen molar-refractivity contribution < 1.29 is 9.53 Å². The third kappa shape index (κ3) is 4.68. The lowest BCUT2D eigenvalue weighted by atomic mass is 10.0. The minimum Gasteiger partial charge on any atom is -0.462 e. The highest BCUT2D eigenvalue weighted by Gasteiger charge is 2.22. The Bertz CT molecular complexity index is 490. The third-order valence-electron chi connectivity index (χ3n) is 3.77. The van der Waals surface area contributed by atoms with Crippen LogP contribution in [0.2, 0.25) is 0 Å². The number of anilines is 1. The molecule has 1 aliphatic rings. The molecule has 22 heavy (non-hydrogen) atoms. The number of ether oxygens (including phenoxy) is 1. The van der Waals surface area contributed by atoms with Crippen molar-refractivity contribution in [3.05, 3.63) is 9.88 Å². The third-order valence-corrected chi connectivity index (χ3v) is 4.79. The van der Waals surface area contributed by atoms with Crippen LogP contribution < -0.4 is 5.32 Å². The molecular formula is C16H27N3O2S. The van der Waals surface area contributed by atoms with Crippen LogP contribution in [0.1, 0.15) is 54.7 Å². The maximum Gasteiger partial charge on any atom is 0.352 e. The fourth-order valence-electron chi connectivity index (χ4n) is 2.75. The summed E-state index contributed by atoms with van der Waals surface area (Å²) in [4.78, 5) is 19.8. The van der Waals surface area contributed by atoms with Gasteiger partial charge in [-0.05, 0) is 38.6 Å². The van der Waals surface area contributed by atoms with Gasteiger partial charge in [0.25, 0.3) is 0 Å². The molecule has 0 aromatic carbocycles. The van der Waals surface area contributed by atoms with Crippen LogP contribution in [0, 0.1) is 5.92 Å². The second kappa shape index (κ2) is 8.48.